The highest BCUT2D eigenvalue weighted by Crippen LogP contribution is 2.16. The third-order valence-electron chi connectivity index (χ3n) is 2.41. The van der Waals surface area contributed by atoms with Crippen LogP contribution in [0.1, 0.15) is 18.6 Å². The summed E-state index contributed by atoms with van der Waals surface area (Å²) in [5, 5.41) is 9.11. The van der Waals surface area contributed by atoms with Gasteiger partial charge in [-0.2, -0.15) is 0 Å². The Morgan fingerprint density at radius 2 is 1.74 bits per heavy atom. The van der Waals surface area contributed by atoms with Gasteiger partial charge in [0.2, 0.25) is 0 Å². The van der Waals surface area contributed by atoms with E-state index in [9.17, 15) is 4.79 Å². The zero-order valence-corrected chi connectivity index (χ0v) is 11.1. The molecule has 0 aromatic heterocycles. The minimum absolute atomic E-state index is 0.234. The summed E-state index contributed by atoms with van der Waals surface area (Å²) < 4.78 is 15.7. The number of aliphatic carboxylic acids is 1. The lowest BCUT2D eigenvalue weighted by molar-refractivity contribution is -0.152. The largest absolute Gasteiger partial charge is 0.479 e. The lowest BCUT2D eigenvalue weighted by Gasteiger charge is -2.14. The molecule has 0 heterocycles. The van der Waals surface area contributed by atoms with Crippen LogP contribution in [-0.2, 0) is 19.0 Å². The molecule has 5 heteroatoms. The quantitative estimate of drug-likeness (QED) is 0.656. The van der Waals surface area contributed by atoms with Gasteiger partial charge in [0.15, 0.2) is 6.10 Å². The number of carboxylic acids is 1. The molecule has 0 aliphatic rings. The minimum atomic E-state index is -1.000. The number of ether oxygens (including phenoxy) is 3. The van der Waals surface area contributed by atoms with Crippen LogP contribution in [0.25, 0.3) is 0 Å². The number of carbonyl (C=O) groups is 1. The topological polar surface area (TPSA) is 65.0 Å². The summed E-state index contributed by atoms with van der Waals surface area (Å²) in [4.78, 5) is 11.1. The van der Waals surface area contributed by atoms with E-state index < -0.39 is 12.1 Å². The first-order chi connectivity index (χ1) is 9.25. The van der Waals surface area contributed by atoms with Crippen LogP contribution in [0, 0.1) is 0 Å². The lowest BCUT2D eigenvalue weighted by atomic mass is 10.1. The molecule has 0 aliphatic heterocycles. The smallest absolute Gasteiger partial charge is 0.337 e. The molecule has 19 heavy (non-hydrogen) atoms. The molecule has 1 N–H and O–H groups in total. The highest BCUT2D eigenvalue weighted by Gasteiger charge is 2.19. The molecule has 0 fully saturated rings. The third kappa shape index (κ3) is 6.33. The molecular weight excluding hydrogens is 248 g/mol. The van der Waals surface area contributed by atoms with Crippen molar-refractivity contribution in [1.29, 1.82) is 0 Å². The van der Waals surface area contributed by atoms with Crippen molar-refractivity contribution in [2.24, 2.45) is 0 Å². The van der Waals surface area contributed by atoms with Gasteiger partial charge in [-0.05, 0) is 12.5 Å². The van der Waals surface area contributed by atoms with Gasteiger partial charge in [0, 0.05) is 6.61 Å². The van der Waals surface area contributed by atoms with Crippen molar-refractivity contribution in [1.82, 2.24) is 0 Å². The van der Waals surface area contributed by atoms with Gasteiger partial charge in [0.05, 0.1) is 26.4 Å². The fourth-order valence-electron chi connectivity index (χ4n) is 1.53. The molecule has 0 saturated heterocycles. The molecule has 0 bridgehead atoms. The van der Waals surface area contributed by atoms with Crippen LogP contribution in [0.3, 0.4) is 0 Å². The summed E-state index contributed by atoms with van der Waals surface area (Å²) >= 11 is 0. The average Bonchev–Trinajstić information content (AvgIpc) is 2.42. The van der Waals surface area contributed by atoms with Crippen molar-refractivity contribution in [3.8, 4) is 0 Å². The fourth-order valence-corrected chi connectivity index (χ4v) is 1.53. The monoisotopic (exact) mass is 268 g/mol. The summed E-state index contributed by atoms with van der Waals surface area (Å²) in [7, 11) is 0. The Labute approximate surface area is 113 Å². The van der Waals surface area contributed by atoms with Gasteiger partial charge in [-0.3, -0.25) is 0 Å². The Bertz CT molecular complexity index is 352. The maximum atomic E-state index is 11.1. The summed E-state index contributed by atoms with van der Waals surface area (Å²) in [5.41, 5.74) is 0.629. The van der Waals surface area contributed by atoms with E-state index in [1.54, 1.807) is 24.3 Å². The van der Waals surface area contributed by atoms with Gasteiger partial charge in [-0.25, -0.2) is 4.79 Å². The van der Waals surface area contributed by atoms with Crippen molar-refractivity contribution in [2.75, 3.05) is 33.0 Å². The summed E-state index contributed by atoms with van der Waals surface area (Å²) in [6.07, 6.45) is -0.948. The first-order valence-electron chi connectivity index (χ1n) is 6.30. The van der Waals surface area contributed by atoms with Crippen LogP contribution >= 0.6 is 0 Å². The second kappa shape index (κ2) is 9.49. The molecule has 1 unspecified atom stereocenters. The van der Waals surface area contributed by atoms with Crippen molar-refractivity contribution < 1.29 is 24.1 Å². The normalized spacial score (nSPS) is 12.3. The number of rotatable bonds is 10. The maximum absolute atomic E-state index is 11.1. The predicted octanol–water partition coefficient (Wildman–Crippen LogP) is 1.88. The summed E-state index contributed by atoms with van der Waals surface area (Å²) in [6, 6.07) is 8.86. The molecule has 1 atom stereocenters. The van der Waals surface area contributed by atoms with Crippen molar-refractivity contribution in [2.45, 2.75) is 13.0 Å². The van der Waals surface area contributed by atoms with Gasteiger partial charge in [-0.1, -0.05) is 30.3 Å². The number of hydrogen-bond donors (Lipinski definition) is 1. The van der Waals surface area contributed by atoms with Crippen LogP contribution < -0.4 is 0 Å². The molecule has 1 aromatic carbocycles. The SMILES string of the molecule is CCOCCOCCOC(C(=O)O)c1ccccc1. The van der Waals surface area contributed by atoms with Crippen LogP contribution in [0.4, 0.5) is 0 Å². The highest BCUT2D eigenvalue weighted by atomic mass is 16.6. The van der Waals surface area contributed by atoms with Gasteiger partial charge in [0.25, 0.3) is 0 Å². The van der Waals surface area contributed by atoms with Crippen LogP contribution in [-0.4, -0.2) is 44.1 Å². The minimum Gasteiger partial charge on any atom is -0.479 e. The Balaban J connectivity index is 2.26. The van der Waals surface area contributed by atoms with E-state index in [4.69, 9.17) is 19.3 Å². The molecule has 5 nitrogen and oxygen atoms in total. The first kappa shape index (κ1) is 15.6. The van der Waals surface area contributed by atoms with Crippen molar-refractivity contribution in [3.63, 3.8) is 0 Å². The Hall–Kier alpha value is -1.43. The second-order valence-electron chi connectivity index (χ2n) is 3.81. The Morgan fingerprint density at radius 1 is 1.11 bits per heavy atom. The molecule has 1 aromatic rings. The van der Waals surface area contributed by atoms with E-state index in [1.807, 2.05) is 13.0 Å². The third-order valence-corrected chi connectivity index (χ3v) is 2.41. The molecule has 106 valence electrons. The van der Waals surface area contributed by atoms with E-state index in [1.165, 1.54) is 0 Å². The number of carboxylic acid groups (broad SMARTS) is 1. The van der Waals surface area contributed by atoms with Gasteiger partial charge >= 0.3 is 5.97 Å². The van der Waals surface area contributed by atoms with Gasteiger partial charge in [0.1, 0.15) is 0 Å². The molecule has 0 spiro atoms. The second-order valence-corrected chi connectivity index (χ2v) is 3.81. The summed E-state index contributed by atoms with van der Waals surface area (Å²) in [6.45, 7) is 4.19. The van der Waals surface area contributed by atoms with E-state index in [-0.39, 0.29) is 6.61 Å². The Kier molecular flexibility index (Phi) is 7.81. The Morgan fingerprint density at radius 3 is 2.37 bits per heavy atom. The predicted molar refractivity (Wildman–Crippen MR) is 70.1 cm³/mol. The number of hydrogen-bond acceptors (Lipinski definition) is 4. The first-order valence-corrected chi connectivity index (χ1v) is 6.30. The highest BCUT2D eigenvalue weighted by molar-refractivity contribution is 5.74. The lowest BCUT2D eigenvalue weighted by Crippen LogP contribution is -2.18. The molecule has 0 radical (unpaired) electrons. The van der Waals surface area contributed by atoms with Gasteiger partial charge in [-0.15, -0.1) is 0 Å². The van der Waals surface area contributed by atoms with E-state index in [0.717, 1.165) is 0 Å². The molecule has 0 aliphatic carbocycles. The van der Waals surface area contributed by atoms with E-state index in [2.05, 4.69) is 0 Å². The fraction of sp³-hybridized carbons (Fsp3) is 0.500. The summed E-state index contributed by atoms with van der Waals surface area (Å²) in [5.74, 6) is -1.000. The molecule has 0 amide bonds. The molecule has 1 rings (SSSR count). The molecule has 0 saturated carbocycles. The molecular formula is C14H20O5. The zero-order valence-electron chi connectivity index (χ0n) is 11.1. The van der Waals surface area contributed by atoms with E-state index >= 15 is 0 Å². The van der Waals surface area contributed by atoms with Crippen molar-refractivity contribution in [3.05, 3.63) is 35.9 Å². The van der Waals surface area contributed by atoms with Crippen molar-refractivity contribution >= 4 is 5.97 Å². The maximum Gasteiger partial charge on any atom is 0.337 e. The zero-order chi connectivity index (χ0) is 13.9. The van der Waals surface area contributed by atoms with Gasteiger partial charge < -0.3 is 19.3 Å². The van der Waals surface area contributed by atoms with E-state index in [0.29, 0.717) is 32.0 Å². The van der Waals surface area contributed by atoms with Crippen LogP contribution in [0.5, 0.6) is 0 Å². The standard InChI is InChI=1S/C14H20O5/c1-2-17-8-9-18-10-11-19-13(14(15)16)12-6-4-3-5-7-12/h3-7,13H,2,8-11H2,1H3,(H,15,16). The van der Waals surface area contributed by atoms with Crippen LogP contribution in [0.2, 0.25) is 0 Å². The number of benzene rings is 1. The van der Waals surface area contributed by atoms with Crippen LogP contribution in [0.15, 0.2) is 30.3 Å². The average molecular weight is 268 g/mol.